The molecule has 1 aliphatic rings. The summed E-state index contributed by atoms with van der Waals surface area (Å²) in [5, 5.41) is 8.90. The molecule has 1 N–H and O–H groups in total. The fraction of sp³-hybridized carbons (Fsp3) is 0.583. The van der Waals surface area contributed by atoms with Gasteiger partial charge in [0.05, 0.1) is 11.6 Å². The Morgan fingerprint density at radius 1 is 1.28 bits per heavy atom. The number of anilines is 1. The molecular formula is C12H16ClN5. The Bertz CT molecular complexity index is 559. The predicted octanol–water partition coefficient (Wildman–Crippen LogP) is 2.76. The van der Waals surface area contributed by atoms with Gasteiger partial charge in [-0.1, -0.05) is 19.3 Å². The van der Waals surface area contributed by atoms with Crippen molar-refractivity contribution in [3.05, 3.63) is 11.5 Å². The third kappa shape index (κ3) is 2.14. The van der Waals surface area contributed by atoms with E-state index in [9.17, 15) is 0 Å². The van der Waals surface area contributed by atoms with E-state index < -0.39 is 0 Å². The minimum Gasteiger partial charge on any atom is -0.367 e. The molecule has 1 saturated carbocycles. The Labute approximate surface area is 111 Å². The molecule has 0 aliphatic heterocycles. The summed E-state index contributed by atoms with van der Waals surface area (Å²) in [5.74, 6) is 0.810. The minimum absolute atomic E-state index is 0.268. The van der Waals surface area contributed by atoms with Crippen molar-refractivity contribution < 1.29 is 0 Å². The average Bonchev–Trinajstić information content (AvgIpc) is 2.73. The molecule has 18 heavy (non-hydrogen) atoms. The van der Waals surface area contributed by atoms with Crippen molar-refractivity contribution in [3.8, 4) is 0 Å². The SMILES string of the molecule is Cn1ncc2c(NC3CCCCC3)nc(Cl)nc21. The number of aromatic nitrogens is 4. The Balaban J connectivity index is 1.94. The summed E-state index contributed by atoms with van der Waals surface area (Å²) in [5.41, 5.74) is 0.772. The lowest BCUT2D eigenvalue weighted by Gasteiger charge is -2.23. The van der Waals surface area contributed by atoms with Crippen LogP contribution in [0.4, 0.5) is 5.82 Å². The average molecular weight is 266 g/mol. The second kappa shape index (κ2) is 4.72. The van der Waals surface area contributed by atoms with E-state index in [1.54, 1.807) is 10.9 Å². The molecular weight excluding hydrogens is 250 g/mol. The number of nitrogens with one attached hydrogen (secondary N) is 1. The molecule has 6 heteroatoms. The second-order valence-electron chi connectivity index (χ2n) is 4.83. The Morgan fingerprint density at radius 3 is 2.83 bits per heavy atom. The molecule has 0 amide bonds. The fourth-order valence-corrected chi connectivity index (χ4v) is 2.71. The Hall–Kier alpha value is -1.36. The van der Waals surface area contributed by atoms with E-state index in [0.29, 0.717) is 6.04 Å². The molecule has 1 aliphatic carbocycles. The van der Waals surface area contributed by atoms with Crippen LogP contribution >= 0.6 is 11.6 Å². The number of nitrogens with zero attached hydrogens (tertiary/aromatic N) is 4. The van der Waals surface area contributed by atoms with Crippen molar-refractivity contribution in [2.75, 3.05) is 5.32 Å². The van der Waals surface area contributed by atoms with Gasteiger partial charge in [-0.25, -0.2) is 0 Å². The molecule has 0 unspecified atom stereocenters. The lowest BCUT2D eigenvalue weighted by atomic mass is 9.95. The van der Waals surface area contributed by atoms with Crippen LogP contribution in [-0.4, -0.2) is 25.8 Å². The normalized spacial score (nSPS) is 17.2. The number of halogens is 1. The number of rotatable bonds is 2. The molecule has 2 aromatic rings. The molecule has 3 rings (SSSR count). The van der Waals surface area contributed by atoms with Crippen LogP contribution in [-0.2, 0) is 7.05 Å². The number of fused-ring (bicyclic) bond motifs is 1. The summed E-state index contributed by atoms with van der Waals surface area (Å²) in [6, 6.07) is 0.494. The van der Waals surface area contributed by atoms with Gasteiger partial charge in [0.15, 0.2) is 5.65 Å². The van der Waals surface area contributed by atoms with Crippen LogP contribution < -0.4 is 5.32 Å². The first kappa shape index (κ1) is 11.7. The van der Waals surface area contributed by atoms with E-state index in [4.69, 9.17) is 11.6 Å². The van der Waals surface area contributed by atoms with E-state index in [1.165, 1.54) is 32.1 Å². The van der Waals surface area contributed by atoms with Gasteiger partial charge in [-0.05, 0) is 24.4 Å². The van der Waals surface area contributed by atoms with Crippen molar-refractivity contribution in [2.24, 2.45) is 7.05 Å². The van der Waals surface area contributed by atoms with Crippen molar-refractivity contribution in [2.45, 2.75) is 38.1 Å². The summed E-state index contributed by atoms with van der Waals surface area (Å²) in [6.07, 6.45) is 8.09. The minimum atomic E-state index is 0.268. The third-order valence-electron chi connectivity index (χ3n) is 3.51. The van der Waals surface area contributed by atoms with Crippen LogP contribution in [0.25, 0.3) is 11.0 Å². The Morgan fingerprint density at radius 2 is 2.06 bits per heavy atom. The predicted molar refractivity (Wildman–Crippen MR) is 71.8 cm³/mol. The highest BCUT2D eigenvalue weighted by molar-refractivity contribution is 6.28. The van der Waals surface area contributed by atoms with E-state index >= 15 is 0 Å². The van der Waals surface area contributed by atoms with E-state index in [2.05, 4.69) is 20.4 Å². The van der Waals surface area contributed by atoms with Gasteiger partial charge in [0, 0.05) is 13.1 Å². The molecule has 96 valence electrons. The van der Waals surface area contributed by atoms with Crippen LogP contribution in [0.3, 0.4) is 0 Å². The van der Waals surface area contributed by atoms with Crippen LogP contribution in [0, 0.1) is 0 Å². The maximum atomic E-state index is 5.97. The van der Waals surface area contributed by atoms with Gasteiger partial charge < -0.3 is 5.32 Å². The lowest BCUT2D eigenvalue weighted by molar-refractivity contribution is 0.462. The van der Waals surface area contributed by atoms with Gasteiger partial charge >= 0.3 is 0 Å². The van der Waals surface area contributed by atoms with Crippen LogP contribution in [0.2, 0.25) is 5.28 Å². The van der Waals surface area contributed by atoms with Crippen molar-refractivity contribution in [1.29, 1.82) is 0 Å². The topological polar surface area (TPSA) is 55.6 Å². The van der Waals surface area contributed by atoms with E-state index in [0.717, 1.165) is 16.9 Å². The molecule has 0 radical (unpaired) electrons. The van der Waals surface area contributed by atoms with Crippen molar-refractivity contribution >= 4 is 28.5 Å². The summed E-state index contributed by atoms with van der Waals surface area (Å²) in [6.45, 7) is 0. The zero-order chi connectivity index (χ0) is 12.5. The quantitative estimate of drug-likeness (QED) is 0.849. The largest absolute Gasteiger partial charge is 0.367 e. The summed E-state index contributed by atoms with van der Waals surface area (Å²) >= 11 is 5.97. The molecule has 1 fully saturated rings. The first-order valence-electron chi connectivity index (χ1n) is 6.36. The van der Waals surface area contributed by atoms with E-state index in [-0.39, 0.29) is 5.28 Å². The third-order valence-corrected chi connectivity index (χ3v) is 3.68. The van der Waals surface area contributed by atoms with E-state index in [1.807, 2.05) is 7.05 Å². The number of hydrogen-bond donors (Lipinski definition) is 1. The highest BCUT2D eigenvalue weighted by Crippen LogP contribution is 2.26. The first-order chi connectivity index (χ1) is 8.74. The van der Waals surface area contributed by atoms with Crippen LogP contribution in [0.1, 0.15) is 32.1 Å². The van der Waals surface area contributed by atoms with Gasteiger partial charge in [-0.2, -0.15) is 15.1 Å². The van der Waals surface area contributed by atoms with Gasteiger partial charge in [-0.3, -0.25) is 4.68 Å². The highest BCUT2D eigenvalue weighted by Gasteiger charge is 2.17. The summed E-state index contributed by atoms with van der Waals surface area (Å²) in [4.78, 5) is 8.50. The van der Waals surface area contributed by atoms with Gasteiger partial charge in [-0.15, -0.1) is 0 Å². The molecule has 2 heterocycles. The fourth-order valence-electron chi connectivity index (χ4n) is 2.55. The molecule has 0 bridgehead atoms. The maximum Gasteiger partial charge on any atom is 0.226 e. The van der Waals surface area contributed by atoms with Crippen LogP contribution in [0.5, 0.6) is 0 Å². The van der Waals surface area contributed by atoms with Crippen molar-refractivity contribution in [1.82, 2.24) is 19.7 Å². The monoisotopic (exact) mass is 265 g/mol. The standard InChI is InChI=1S/C12H16ClN5/c1-18-11-9(7-14-18)10(16-12(13)17-11)15-8-5-3-2-4-6-8/h7-8H,2-6H2,1H3,(H,15,16,17). The second-order valence-corrected chi connectivity index (χ2v) is 5.16. The lowest BCUT2D eigenvalue weighted by Crippen LogP contribution is -2.23. The Kier molecular flexibility index (Phi) is 3.07. The van der Waals surface area contributed by atoms with Gasteiger partial charge in [0.25, 0.3) is 0 Å². The number of aryl methyl sites for hydroxylation is 1. The first-order valence-corrected chi connectivity index (χ1v) is 6.73. The molecule has 0 aromatic carbocycles. The zero-order valence-electron chi connectivity index (χ0n) is 10.4. The van der Waals surface area contributed by atoms with Gasteiger partial charge in [0.1, 0.15) is 5.82 Å². The zero-order valence-corrected chi connectivity index (χ0v) is 11.1. The molecule has 5 nitrogen and oxygen atoms in total. The molecule has 0 spiro atoms. The smallest absolute Gasteiger partial charge is 0.226 e. The highest BCUT2D eigenvalue weighted by atomic mass is 35.5. The van der Waals surface area contributed by atoms with Crippen LogP contribution in [0.15, 0.2) is 6.20 Å². The van der Waals surface area contributed by atoms with Gasteiger partial charge in [0.2, 0.25) is 5.28 Å². The molecule has 0 atom stereocenters. The van der Waals surface area contributed by atoms with Crippen molar-refractivity contribution in [3.63, 3.8) is 0 Å². The summed E-state index contributed by atoms with van der Waals surface area (Å²) < 4.78 is 1.72. The summed E-state index contributed by atoms with van der Waals surface area (Å²) in [7, 11) is 1.86. The molecule has 0 saturated heterocycles. The number of hydrogen-bond acceptors (Lipinski definition) is 4. The maximum absolute atomic E-state index is 5.97. The molecule has 2 aromatic heterocycles.